The van der Waals surface area contributed by atoms with Crippen molar-refractivity contribution >= 4 is 22.9 Å². The molecule has 0 saturated carbocycles. The van der Waals surface area contributed by atoms with Gasteiger partial charge in [-0.25, -0.2) is 0 Å². The van der Waals surface area contributed by atoms with Gasteiger partial charge in [-0.1, -0.05) is 35.9 Å². The molecule has 1 N–H and O–H groups in total. The van der Waals surface area contributed by atoms with Crippen LogP contribution < -0.4 is 5.32 Å². The van der Waals surface area contributed by atoms with E-state index in [1.807, 2.05) is 42.6 Å². The Kier molecular flexibility index (Phi) is 4.22. The quantitative estimate of drug-likeness (QED) is 0.750. The number of carbonyl (C=O) groups excluding carboxylic acids is 1. The van der Waals surface area contributed by atoms with E-state index in [9.17, 15) is 4.79 Å². The highest BCUT2D eigenvalue weighted by atomic mass is 32.1. The summed E-state index contributed by atoms with van der Waals surface area (Å²) in [5.74, 6) is -0.161. The van der Waals surface area contributed by atoms with E-state index in [1.165, 1.54) is 16.9 Å². The maximum absolute atomic E-state index is 12.6. The molecule has 0 bridgehead atoms. The van der Waals surface area contributed by atoms with Gasteiger partial charge in [0.25, 0.3) is 5.91 Å². The summed E-state index contributed by atoms with van der Waals surface area (Å²) in [4.78, 5) is 13.2. The first-order valence-corrected chi connectivity index (χ1v) is 8.01. The smallest absolute Gasteiger partial charge is 0.266 e. The first-order valence-electron chi connectivity index (χ1n) is 7.13. The molecule has 0 saturated heterocycles. The van der Waals surface area contributed by atoms with Gasteiger partial charge < -0.3 is 5.32 Å². The van der Waals surface area contributed by atoms with Crippen LogP contribution in [0.3, 0.4) is 0 Å². The predicted octanol–water partition coefficient (Wildman–Crippen LogP) is 4.85. The van der Waals surface area contributed by atoms with E-state index in [0.29, 0.717) is 16.1 Å². The first kappa shape index (κ1) is 15.0. The number of nitriles is 1. The summed E-state index contributed by atoms with van der Waals surface area (Å²) in [5, 5.41) is 13.7. The Morgan fingerprint density at radius 2 is 1.91 bits per heavy atom. The summed E-state index contributed by atoms with van der Waals surface area (Å²) >= 11 is 1.41. The van der Waals surface area contributed by atoms with Gasteiger partial charge >= 0.3 is 0 Å². The standard InChI is InChI=1S/C19H14N2OS/c1-13-5-7-15(8-6-13)17-9-10-23-18(17)19(22)21-16-4-2-3-14(11-16)12-20/h2-11H,1H3,(H,21,22). The molecule has 0 atom stereocenters. The molecular weight excluding hydrogens is 304 g/mol. The van der Waals surface area contributed by atoms with E-state index in [-0.39, 0.29) is 5.91 Å². The van der Waals surface area contributed by atoms with Crippen molar-refractivity contribution < 1.29 is 4.79 Å². The van der Waals surface area contributed by atoms with Crippen molar-refractivity contribution in [1.82, 2.24) is 0 Å². The number of aryl methyl sites for hydroxylation is 1. The van der Waals surface area contributed by atoms with Crippen LogP contribution in [0.5, 0.6) is 0 Å². The number of nitrogens with zero attached hydrogens (tertiary/aromatic N) is 1. The number of rotatable bonds is 3. The highest BCUT2D eigenvalue weighted by Gasteiger charge is 2.15. The Balaban J connectivity index is 1.88. The van der Waals surface area contributed by atoms with Crippen molar-refractivity contribution in [1.29, 1.82) is 5.26 Å². The highest BCUT2D eigenvalue weighted by molar-refractivity contribution is 7.12. The summed E-state index contributed by atoms with van der Waals surface area (Å²) < 4.78 is 0. The molecule has 0 aliphatic heterocycles. The van der Waals surface area contributed by atoms with Crippen LogP contribution in [0, 0.1) is 18.3 Å². The number of nitrogens with one attached hydrogen (secondary N) is 1. The second-order valence-corrected chi connectivity index (χ2v) is 6.09. The maximum Gasteiger partial charge on any atom is 0.266 e. The monoisotopic (exact) mass is 318 g/mol. The largest absolute Gasteiger partial charge is 0.321 e. The third-order valence-electron chi connectivity index (χ3n) is 3.48. The normalized spacial score (nSPS) is 10.1. The van der Waals surface area contributed by atoms with Crippen LogP contribution in [0.4, 0.5) is 5.69 Å². The van der Waals surface area contributed by atoms with Crippen LogP contribution in [0.15, 0.2) is 60.0 Å². The molecule has 2 aromatic carbocycles. The van der Waals surface area contributed by atoms with Gasteiger partial charge in [0.2, 0.25) is 0 Å². The number of amides is 1. The molecule has 0 aliphatic carbocycles. The lowest BCUT2D eigenvalue weighted by molar-refractivity contribution is 0.103. The highest BCUT2D eigenvalue weighted by Crippen LogP contribution is 2.29. The predicted molar refractivity (Wildman–Crippen MR) is 93.6 cm³/mol. The maximum atomic E-state index is 12.6. The van der Waals surface area contributed by atoms with E-state index in [1.54, 1.807) is 24.3 Å². The van der Waals surface area contributed by atoms with E-state index < -0.39 is 0 Å². The molecule has 1 amide bonds. The average molecular weight is 318 g/mol. The summed E-state index contributed by atoms with van der Waals surface area (Å²) in [5.41, 5.74) is 4.27. The van der Waals surface area contributed by atoms with Crippen LogP contribution in [0.25, 0.3) is 11.1 Å². The Morgan fingerprint density at radius 1 is 1.13 bits per heavy atom. The van der Waals surface area contributed by atoms with Gasteiger partial charge in [-0.05, 0) is 42.1 Å². The molecule has 3 aromatic rings. The molecule has 112 valence electrons. The topological polar surface area (TPSA) is 52.9 Å². The molecular formula is C19H14N2OS. The van der Waals surface area contributed by atoms with Crippen LogP contribution >= 0.6 is 11.3 Å². The Labute approximate surface area is 138 Å². The van der Waals surface area contributed by atoms with E-state index in [0.717, 1.165) is 11.1 Å². The number of benzene rings is 2. The Hall–Kier alpha value is -2.90. The lowest BCUT2D eigenvalue weighted by Gasteiger charge is -2.07. The Bertz CT molecular complexity index is 888. The fraction of sp³-hybridized carbons (Fsp3) is 0.0526. The second-order valence-electron chi connectivity index (χ2n) is 5.18. The van der Waals surface area contributed by atoms with E-state index in [4.69, 9.17) is 5.26 Å². The lowest BCUT2D eigenvalue weighted by atomic mass is 10.0. The molecule has 23 heavy (non-hydrogen) atoms. The minimum Gasteiger partial charge on any atom is -0.321 e. The SMILES string of the molecule is Cc1ccc(-c2ccsc2C(=O)Nc2cccc(C#N)c2)cc1. The van der Waals surface area contributed by atoms with Gasteiger partial charge in [0.1, 0.15) is 0 Å². The molecule has 4 heteroatoms. The van der Waals surface area contributed by atoms with Crippen LogP contribution in [-0.4, -0.2) is 5.91 Å². The van der Waals surface area contributed by atoms with Gasteiger partial charge in [-0.2, -0.15) is 5.26 Å². The van der Waals surface area contributed by atoms with Crippen LogP contribution in [-0.2, 0) is 0 Å². The Morgan fingerprint density at radius 3 is 2.65 bits per heavy atom. The third-order valence-corrected chi connectivity index (χ3v) is 4.40. The summed E-state index contributed by atoms with van der Waals surface area (Å²) in [7, 11) is 0. The summed E-state index contributed by atoms with van der Waals surface area (Å²) in [6, 6.07) is 19.0. The zero-order chi connectivity index (χ0) is 16.2. The van der Waals surface area contributed by atoms with Gasteiger partial charge in [-0.3, -0.25) is 4.79 Å². The second kappa shape index (κ2) is 6.47. The molecule has 0 fully saturated rings. The van der Waals surface area contributed by atoms with Gasteiger partial charge in [0.15, 0.2) is 0 Å². The van der Waals surface area contributed by atoms with Gasteiger partial charge in [-0.15, -0.1) is 11.3 Å². The molecule has 3 rings (SSSR count). The van der Waals surface area contributed by atoms with Gasteiger partial charge in [0.05, 0.1) is 16.5 Å². The number of hydrogen-bond donors (Lipinski definition) is 1. The summed E-state index contributed by atoms with van der Waals surface area (Å²) in [6.45, 7) is 2.03. The molecule has 0 aliphatic rings. The zero-order valence-corrected chi connectivity index (χ0v) is 13.4. The fourth-order valence-corrected chi connectivity index (χ4v) is 3.11. The van der Waals surface area contributed by atoms with Crippen molar-refractivity contribution in [3.8, 4) is 17.2 Å². The van der Waals surface area contributed by atoms with Crippen molar-refractivity contribution in [3.63, 3.8) is 0 Å². The van der Waals surface area contributed by atoms with E-state index >= 15 is 0 Å². The third kappa shape index (κ3) is 3.31. The lowest BCUT2D eigenvalue weighted by Crippen LogP contribution is -2.11. The molecule has 0 spiro atoms. The number of anilines is 1. The number of thiophene rings is 1. The molecule has 3 nitrogen and oxygen atoms in total. The van der Waals surface area contributed by atoms with Crippen LogP contribution in [0.2, 0.25) is 0 Å². The van der Waals surface area contributed by atoms with Crippen LogP contribution in [0.1, 0.15) is 20.8 Å². The molecule has 0 radical (unpaired) electrons. The zero-order valence-electron chi connectivity index (χ0n) is 12.5. The minimum absolute atomic E-state index is 0.161. The summed E-state index contributed by atoms with van der Waals surface area (Å²) in [6.07, 6.45) is 0. The van der Waals surface area contributed by atoms with Crippen molar-refractivity contribution in [2.45, 2.75) is 6.92 Å². The first-order chi connectivity index (χ1) is 11.2. The minimum atomic E-state index is -0.161. The van der Waals surface area contributed by atoms with Crippen molar-refractivity contribution in [3.05, 3.63) is 76.0 Å². The molecule has 1 heterocycles. The van der Waals surface area contributed by atoms with Crippen molar-refractivity contribution in [2.24, 2.45) is 0 Å². The number of carbonyl (C=O) groups is 1. The van der Waals surface area contributed by atoms with E-state index in [2.05, 4.69) is 11.4 Å². The average Bonchev–Trinajstić information content (AvgIpc) is 3.05. The fourth-order valence-electron chi connectivity index (χ4n) is 2.30. The molecule has 1 aromatic heterocycles. The van der Waals surface area contributed by atoms with Crippen molar-refractivity contribution in [2.75, 3.05) is 5.32 Å². The molecule has 0 unspecified atom stereocenters. The number of hydrogen-bond acceptors (Lipinski definition) is 3. The van der Waals surface area contributed by atoms with Gasteiger partial charge in [0, 0.05) is 11.3 Å².